The van der Waals surface area contributed by atoms with Crippen molar-refractivity contribution in [2.45, 2.75) is 78.3 Å². The van der Waals surface area contributed by atoms with Crippen LogP contribution in [0.25, 0.3) is 15.9 Å². The lowest BCUT2D eigenvalue weighted by Gasteiger charge is -2.33. The van der Waals surface area contributed by atoms with Crippen molar-refractivity contribution in [3.63, 3.8) is 0 Å². The van der Waals surface area contributed by atoms with Gasteiger partial charge in [0, 0.05) is 10.6 Å². The van der Waals surface area contributed by atoms with Crippen molar-refractivity contribution in [3.05, 3.63) is 50.6 Å². The molecule has 1 aromatic carbocycles. The normalized spacial score (nSPS) is 16.6. The van der Waals surface area contributed by atoms with Crippen LogP contribution in [0.2, 0.25) is 0 Å². The van der Waals surface area contributed by atoms with Gasteiger partial charge in [0.1, 0.15) is 4.83 Å². The zero-order chi connectivity index (χ0) is 22.2. The Morgan fingerprint density at radius 2 is 2.00 bits per heavy atom. The minimum atomic E-state index is 0.115. The second-order valence-corrected chi connectivity index (χ2v) is 12.0. The van der Waals surface area contributed by atoms with Gasteiger partial charge in [0.2, 0.25) is 0 Å². The maximum atomic E-state index is 13.9. The number of aromatic nitrogens is 2. The second kappa shape index (κ2) is 9.11. The Kier molecular flexibility index (Phi) is 6.64. The zero-order valence-corrected chi connectivity index (χ0v) is 21.1. The minimum absolute atomic E-state index is 0.115. The summed E-state index contributed by atoms with van der Waals surface area (Å²) < 4.78 is 1.89. The minimum Gasteiger partial charge on any atom is -0.268 e. The molecule has 0 saturated carbocycles. The molecule has 0 aliphatic heterocycles. The molecule has 0 spiro atoms. The molecule has 0 saturated heterocycles. The molecule has 1 atom stereocenters. The molecule has 1 unspecified atom stereocenters. The highest BCUT2D eigenvalue weighted by Crippen LogP contribution is 2.42. The Labute approximate surface area is 194 Å². The lowest BCUT2D eigenvalue weighted by molar-refractivity contribution is 0.218. The summed E-state index contributed by atoms with van der Waals surface area (Å²) in [5.41, 5.74) is 3.75. The number of aryl methyl sites for hydroxylation is 2. The summed E-state index contributed by atoms with van der Waals surface area (Å²) in [5.74, 6) is 1.66. The van der Waals surface area contributed by atoms with E-state index >= 15 is 0 Å². The van der Waals surface area contributed by atoms with E-state index in [4.69, 9.17) is 4.98 Å². The lowest BCUT2D eigenvalue weighted by atomic mass is 9.72. The van der Waals surface area contributed by atoms with Crippen molar-refractivity contribution in [3.8, 4) is 5.69 Å². The molecule has 4 rings (SSSR count). The van der Waals surface area contributed by atoms with E-state index < -0.39 is 0 Å². The van der Waals surface area contributed by atoms with Crippen LogP contribution in [-0.4, -0.2) is 15.3 Å². The van der Waals surface area contributed by atoms with Gasteiger partial charge in [-0.3, -0.25) is 9.36 Å². The molecule has 0 bridgehead atoms. The van der Waals surface area contributed by atoms with Crippen molar-refractivity contribution in [2.75, 3.05) is 5.75 Å². The Morgan fingerprint density at radius 1 is 1.23 bits per heavy atom. The van der Waals surface area contributed by atoms with Crippen LogP contribution in [0.15, 0.2) is 34.2 Å². The van der Waals surface area contributed by atoms with Gasteiger partial charge in [-0.15, -0.1) is 11.3 Å². The molecule has 2 aromatic heterocycles. The molecule has 1 aliphatic carbocycles. The van der Waals surface area contributed by atoms with Crippen LogP contribution >= 0.6 is 23.1 Å². The monoisotopic (exact) mass is 454 g/mol. The van der Waals surface area contributed by atoms with Gasteiger partial charge in [0.25, 0.3) is 5.56 Å². The standard InChI is InChI=1S/C26H34N2OS2/c1-6-7-10-15-30-25-27-23-22(24(29)28(25)20-12-9-8-11-17(20)2)19-14-13-18(26(3,4)5)16-21(19)31-23/h8-9,11-12,18H,6-7,10,13-16H2,1-5H3. The van der Waals surface area contributed by atoms with E-state index in [9.17, 15) is 4.79 Å². The number of nitrogens with zero attached hydrogens (tertiary/aromatic N) is 2. The van der Waals surface area contributed by atoms with Crippen molar-refractivity contribution in [1.29, 1.82) is 0 Å². The summed E-state index contributed by atoms with van der Waals surface area (Å²) >= 11 is 3.49. The highest BCUT2D eigenvalue weighted by Gasteiger charge is 2.32. The van der Waals surface area contributed by atoms with E-state index in [-0.39, 0.29) is 5.56 Å². The molecule has 3 aromatic rings. The van der Waals surface area contributed by atoms with E-state index in [1.807, 2.05) is 16.7 Å². The summed E-state index contributed by atoms with van der Waals surface area (Å²) in [6.07, 6.45) is 6.78. The van der Waals surface area contributed by atoms with Crippen LogP contribution in [0, 0.1) is 18.3 Å². The molecule has 0 fully saturated rings. The van der Waals surface area contributed by atoms with Gasteiger partial charge >= 0.3 is 0 Å². The molecule has 1 aliphatic rings. The second-order valence-electron chi connectivity index (χ2n) is 9.87. The SMILES string of the molecule is CCCCCSc1nc2sc3c(c2c(=O)n1-c1ccccc1C)CCC(C(C)(C)C)C3. The predicted octanol–water partition coefficient (Wildman–Crippen LogP) is 7.19. The molecular weight excluding hydrogens is 420 g/mol. The number of benzene rings is 1. The van der Waals surface area contributed by atoms with Crippen molar-refractivity contribution in [1.82, 2.24) is 9.55 Å². The summed E-state index contributed by atoms with van der Waals surface area (Å²) in [7, 11) is 0. The van der Waals surface area contributed by atoms with Crippen LogP contribution in [0.5, 0.6) is 0 Å². The number of para-hydroxylation sites is 1. The molecule has 0 N–H and O–H groups in total. The third-order valence-electron chi connectivity index (χ3n) is 6.61. The van der Waals surface area contributed by atoms with Gasteiger partial charge in [0.05, 0.1) is 11.1 Å². The van der Waals surface area contributed by atoms with Crippen LogP contribution in [0.3, 0.4) is 0 Å². The van der Waals surface area contributed by atoms with Gasteiger partial charge in [0.15, 0.2) is 5.16 Å². The number of hydrogen-bond acceptors (Lipinski definition) is 4. The third kappa shape index (κ3) is 4.49. The number of thioether (sulfide) groups is 1. The first kappa shape index (κ1) is 22.6. The first-order valence-corrected chi connectivity index (χ1v) is 13.4. The van der Waals surface area contributed by atoms with Crippen LogP contribution in [0.1, 0.15) is 69.4 Å². The Balaban J connectivity index is 1.85. The highest BCUT2D eigenvalue weighted by atomic mass is 32.2. The molecule has 0 amide bonds. The molecular formula is C26H34N2OS2. The Hall–Kier alpha value is -1.59. The maximum Gasteiger partial charge on any atom is 0.267 e. The van der Waals surface area contributed by atoms with Crippen molar-refractivity contribution in [2.24, 2.45) is 11.3 Å². The van der Waals surface area contributed by atoms with E-state index in [0.717, 1.165) is 58.1 Å². The van der Waals surface area contributed by atoms with E-state index in [2.05, 4.69) is 46.8 Å². The number of thiophene rings is 1. The van der Waals surface area contributed by atoms with E-state index in [0.29, 0.717) is 11.3 Å². The third-order valence-corrected chi connectivity index (χ3v) is 8.79. The summed E-state index contributed by atoms with van der Waals surface area (Å²) in [6.45, 7) is 11.3. The first-order valence-electron chi connectivity index (χ1n) is 11.6. The topological polar surface area (TPSA) is 34.9 Å². The quantitative estimate of drug-likeness (QED) is 0.225. The largest absolute Gasteiger partial charge is 0.268 e. The van der Waals surface area contributed by atoms with Crippen LogP contribution in [0.4, 0.5) is 0 Å². The summed E-state index contributed by atoms with van der Waals surface area (Å²) in [4.78, 5) is 21.3. The van der Waals surface area contributed by atoms with Gasteiger partial charge in [-0.1, -0.05) is 70.5 Å². The average molecular weight is 455 g/mol. The Bertz CT molecular complexity index is 1140. The fraction of sp³-hybridized carbons (Fsp3) is 0.538. The summed E-state index contributed by atoms with van der Waals surface area (Å²) in [6, 6.07) is 8.17. The fourth-order valence-electron chi connectivity index (χ4n) is 4.58. The van der Waals surface area contributed by atoms with Crippen molar-refractivity contribution >= 4 is 33.3 Å². The van der Waals surface area contributed by atoms with Gasteiger partial charge in [-0.25, -0.2) is 4.98 Å². The van der Waals surface area contributed by atoms with Gasteiger partial charge < -0.3 is 0 Å². The van der Waals surface area contributed by atoms with Crippen LogP contribution in [-0.2, 0) is 12.8 Å². The number of fused-ring (bicyclic) bond motifs is 3. The van der Waals surface area contributed by atoms with Crippen LogP contribution < -0.4 is 5.56 Å². The van der Waals surface area contributed by atoms with E-state index in [1.165, 1.54) is 23.3 Å². The molecule has 0 radical (unpaired) electrons. The number of unbranched alkanes of at least 4 members (excludes halogenated alkanes) is 2. The van der Waals surface area contributed by atoms with E-state index in [1.54, 1.807) is 23.1 Å². The van der Waals surface area contributed by atoms with Gasteiger partial charge in [-0.05, 0) is 61.1 Å². The number of rotatable bonds is 6. The fourth-order valence-corrected chi connectivity index (χ4v) is 6.93. The highest BCUT2D eigenvalue weighted by molar-refractivity contribution is 7.99. The Morgan fingerprint density at radius 3 is 2.71 bits per heavy atom. The average Bonchev–Trinajstić information content (AvgIpc) is 3.09. The molecule has 3 nitrogen and oxygen atoms in total. The maximum absolute atomic E-state index is 13.9. The smallest absolute Gasteiger partial charge is 0.267 e. The first-order chi connectivity index (χ1) is 14.8. The molecule has 2 heterocycles. The molecule has 5 heteroatoms. The van der Waals surface area contributed by atoms with Crippen molar-refractivity contribution < 1.29 is 0 Å². The predicted molar refractivity (Wildman–Crippen MR) is 135 cm³/mol. The lowest BCUT2D eigenvalue weighted by Crippen LogP contribution is -2.27. The van der Waals surface area contributed by atoms with Gasteiger partial charge in [-0.2, -0.15) is 0 Å². The summed E-state index contributed by atoms with van der Waals surface area (Å²) in [5, 5.41) is 1.71. The molecule has 31 heavy (non-hydrogen) atoms. The molecule has 166 valence electrons. The zero-order valence-electron chi connectivity index (χ0n) is 19.5. The number of hydrogen-bond donors (Lipinski definition) is 0.